The molecule has 1 heterocycles. The average Bonchev–Trinajstić information content (AvgIpc) is 2.97. The summed E-state index contributed by atoms with van der Waals surface area (Å²) >= 11 is 0. The van der Waals surface area contributed by atoms with Gasteiger partial charge in [-0.3, -0.25) is 0 Å². The van der Waals surface area contributed by atoms with Crippen molar-refractivity contribution in [3.05, 3.63) is 65.5 Å². The smallest absolute Gasteiger partial charge is 0.337 e. The zero-order valence-electron chi connectivity index (χ0n) is 12.4. The third-order valence-corrected chi connectivity index (χ3v) is 3.55. The topological polar surface area (TPSA) is 52.3 Å². The molecule has 112 valence electrons. The lowest BCUT2D eigenvalue weighted by Gasteiger charge is -1.98. The first kappa shape index (κ1) is 14.3. The van der Waals surface area contributed by atoms with Crippen LogP contribution in [-0.4, -0.2) is 18.1 Å². The highest BCUT2D eigenvalue weighted by atomic mass is 16.5. The number of aromatic nitrogens is 1. The van der Waals surface area contributed by atoms with Crippen molar-refractivity contribution < 1.29 is 13.9 Å². The molecular formula is C18H17NO3. The standard InChI is InChI=1S/C18H17NO3/c1-21-18(20)14-10-11-16-15(12-14)19-17(22-16)9-5-8-13-6-3-2-4-7-13/h2-4,6-7,10-12H,5,8-9H2,1H3. The molecule has 0 fully saturated rings. The van der Waals surface area contributed by atoms with Gasteiger partial charge in [-0.25, -0.2) is 9.78 Å². The van der Waals surface area contributed by atoms with E-state index in [-0.39, 0.29) is 5.97 Å². The molecule has 0 unspecified atom stereocenters. The molecule has 0 saturated carbocycles. The van der Waals surface area contributed by atoms with Gasteiger partial charge >= 0.3 is 5.97 Å². The number of aryl methyl sites for hydroxylation is 2. The highest BCUT2D eigenvalue weighted by Gasteiger charge is 2.10. The molecule has 4 heteroatoms. The normalized spacial score (nSPS) is 10.8. The van der Waals surface area contributed by atoms with Gasteiger partial charge in [-0.1, -0.05) is 30.3 Å². The zero-order valence-corrected chi connectivity index (χ0v) is 12.4. The summed E-state index contributed by atoms with van der Waals surface area (Å²) in [6.07, 6.45) is 2.74. The molecule has 4 nitrogen and oxygen atoms in total. The number of rotatable bonds is 5. The lowest BCUT2D eigenvalue weighted by molar-refractivity contribution is 0.0601. The first-order chi connectivity index (χ1) is 10.8. The minimum absolute atomic E-state index is 0.365. The SMILES string of the molecule is COC(=O)c1ccc2oc(CCCc3ccccc3)nc2c1. The summed E-state index contributed by atoms with van der Waals surface area (Å²) in [4.78, 5) is 16.0. The number of carbonyl (C=O) groups excluding carboxylic acids is 1. The van der Waals surface area contributed by atoms with Crippen molar-refractivity contribution in [2.24, 2.45) is 0 Å². The molecule has 0 amide bonds. The Balaban J connectivity index is 1.68. The monoisotopic (exact) mass is 295 g/mol. The van der Waals surface area contributed by atoms with Crippen molar-refractivity contribution in [2.75, 3.05) is 7.11 Å². The van der Waals surface area contributed by atoms with Gasteiger partial charge < -0.3 is 9.15 Å². The maximum absolute atomic E-state index is 11.5. The molecule has 0 aliphatic carbocycles. The third kappa shape index (κ3) is 3.17. The quantitative estimate of drug-likeness (QED) is 0.672. The van der Waals surface area contributed by atoms with E-state index in [9.17, 15) is 4.79 Å². The number of hydrogen-bond acceptors (Lipinski definition) is 4. The van der Waals surface area contributed by atoms with Gasteiger partial charge in [-0.2, -0.15) is 0 Å². The Bertz CT molecular complexity index is 777. The van der Waals surface area contributed by atoms with E-state index in [0.29, 0.717) is 22.6 Å². The van der Waals surface area contributed by atoms with Gasteiger partial charge in [0, 0.05) is 6.42 Å². The lowest BCUT2D eigenvalue weighted by Crippen LogP contribution is -2.00. The number of esters is 1. The summed E-state index contributed by atoms with van der Waals surface area (Å²) < 4.78 is 10.4. The van der Waals surface area contributed by atoms with Crippen LogP contribution in [0.15, 0.2) is 52.9 Å². The second-order valence-corrected chi connectivity index (χ2v) is 5.12. The summed E-state index contributed by atoms with van der Waals surface area (Å²) in [5, 5.41) is 0. The van der Waals surface area contributed by atoms with Crippen LogP contribution in [0.3, 0.4) is 0 Å². The number of ether oxygens (including phenoxy) is 1. The largest absolute Gasteiger partial charge is 0.465 e. The minimum atomic E-state index is -0.365. The van der Waals surface area contributed by atoms with Crippen LogP contribution in [-0.2, 0) is 17.6 Å². The van der Waals surface area contributed by atoms with Crippen LogP contribution in [0.25, 0.3) is 11.1 Å². The Hall–Kier alpha value is -2.62. The van der Waals surface area contributed by atoms with E-state index in [0.717, 1.165) is 19.3 Å². The molecule has 1 aromatic heterocycles. The lowest BCUT2D eigenvalue weighted by atomic mass is 10.1. The summed E-state index contributed by atoms with van der Waals surface area (Å²) in [6, 6.07) is 15.5. The number of hydrogen-bond donors (Lipinski definition) is 0. The van der Waals surface area contributed by atoms with Gasteiger partial charge in [0.1, 0.15) is 5.52 Å². The fourth-order valence-corrected chi connectivity index (χ4v) is 2.42. The van der Waals surface area contributed by atoms with E-state index in [1.165, 1.54) is 12.7 Å². The van der Waals surface area contributed by atoms with Crippen molar-refractivity contribution in [2.45, 2.75) is 19.3 Å². The zero-order chi connectivity index (χ0) is 15.4. The van der Waals surface area contributed by atoms with Crippen LogP contribution in [0.4, 0.5) is 0 Å². The van der Waals surface area contributed by atoms with Crippen LogP contribution in [0.5, 0.6) is 0 Å². The maximum atomic E-state index is 11.5. The minimum Gasteiger partial charge on any atom is -0.465 e. The van der Waals surface area contributed by atoms with Gasteiger partial charge in [-0.05, 0) is 36.6 Å². The Morgan fingerprint density at radius 2 is 1.95 bits per heavy atom. The summed E-state index contributed by atoms with van der Waals surface area (Å²) in [6.45, 7) is 0. The molecule has 0 aliphatic rings. The Morgan fingerprint density at radius 3 is 2.73 bits per heavy atom. The summed E-state index contributed by atoms with van der Waals surface area (Å²) in [5.41, 5.74) is 3.19. The second kappa shape index (κ2) is 6.43. The van der Waals surface area contributed by atoms with E-state index >= 15 is 0 Å². The molecule has 0 saturated heterocycles. The average molecular weight is 295 g/mol. The highest BCUT2D eigenvalue weighted by Crippen LogP contribution is 2.19. The van der Waals surface area contributed by atoms with Crippen LogP contribution >= 0.6 is 0 Å². The Morgan fingerprint density at radius 1 is 1.14 bits per heavy atom. The molecule has 3 rings (SSSR count). The molecule has 22 heavy (non-hydrogen) atoms. The van der Waals surface area contributed by atoms with Gasteiger partial charge in [0.2, 0.25) is 0 Å². The first-order valence-electron chi connectivity index (χ1n) is 7.28. The molecule has 0 spiro atoms. The Labute approximate surface area is 128 Å². The van der Waals surface area contributed by atoms with Gasteiger partial charge in [0.15, 0.2) is 11.5 Å². The van der Waals surface area contributed by atoms with E-state index in [1.54, 1.807) is 18.2 Å². The predicted molar refractivity (Wildman–Crippen MR) is 83.8 cm³/mol. The number of methoxy groups -OCH3 is 1. The highest BCUT2D eigenvalue weighted by molar-refractivity contribution is 5.93. The molecule has 2 aromatic carbocycles. The van der Waals surface area contributed by atoms with E-state index < -0.39 is 0 Å². The number of carbonyl (C=O) groups is 1. The second-order valence-electron chi connectivity index (χ2n) is 5.12. The number of oxazole rings is 1. The van der Waals surface area contributed by atoms with Crippen LogP contribution in [0, 0.1) is 0 Å². The van der Waals surface area contributed by atoms with Crippen molar-refractivity contribution in [1.82, 2.24) is 4.98 Å². The summed E-state index contributed by atoms with van der Waals surface area (Å²) in [7, 11) is 1.37. The molecule has 0 aliphatic heterocycles. The summed E-state index contributed by atoms with van der Waals surface area (Å²) in [5.74, 6) is 0.337. The fourth-order valence-electron chi connectivity index (χ4n) is 2.42. The van der Waals surface area contributed by atoms with Crippen molar-refractivity contribution in [1.29, 1.82) is 0 Å². The van der Waals surface area contributed by atoms with Crippen LogP contribution < -0.4 is 0 Å². The molecule has 0 bridgehead atoms. The number of benzene rings is 2. The molecule has 0 atom stereocenters. The van der Waals surface area contributed by atoms with E-state index in [4.69, 9.17) is 9.15 Å². The molecule has 0 N–H and O–H groups in total. The van der Waals surface area contributed by atoms with Gasteiger partial charge in [0.05, 0.1) is 12.7 Å². The van der Waals surface area contributed by atoms with Crippen LogP contribution in [0.1, 0.15) is 28.2 Å². The molecular weight excluding hydrogens is 278 g/mol. The van der Waals surface area contributed by atoms with Crippen LogP contribution in [0.2, 0.25) is 0 Å². The van der Waals surface area contributed by atoms with Crippen molar-refractivity contribution in [3.63, 3.8) is 0 Å². The van der Waals surface area contributed by atoms with E-state index in [2.05, 4.69) is 17.1 Å². The predicted octanol–water partition coefficient (Wildman–Crippen LogP) is 3.79. The third-order valence-electron chi connectivity index (χ3n) is 3.55. The van der Waals surface area contributed by atoms with Crippen molar-refractivity contribution in [3.8, 4) is 0 Å². The number of fused-ring (bicyclic) bond motifs is 1. The van der Waals surface area contributed by atoms with E-state index in [1.807, 2.05) is 18.2 Å². The molecule has 3 aromatic rings. The van der Waals surface area contributed by atoms with Gasteiger partial charge in [-0.15, -0.1) is 0 Å². The fraction of sp³-hybridized carbons (Fsp3) is 0.222. The van der Waals surface area contributed by atoms with Gasteiger partial charge in [0.25, 0.3) is 0 Å². The Kier molecular flexibility index (Phi) is 4.19. The maximum Gasteiger partial charge on any atom is 0.337 e. The molecule has 0 radical (unpaired) electrons. The number of nitrogens with zero attached hydrogens (tertiary/aromatic N) is 1. The first-order valence-corrected chi connectivity index (χ1v) is 7.28. The van der Waals surface area contributed by atoms with Crippen molar-refractivity contribution >= 4 is 17.1 Å².